The minimum absolute atomic E-state index is 0.381. The number of H-pyrrole nitrogens is 2. The van der Waals surface area contributed by atoms with E-state index in [1.54, 1.807) is 24.3 Å². The van der Waals surface area contributed by atoms with E-state index < -0.39 is 28.9 Å². The van der Waals surface area contributed by atoms with Crippen molar-refractivity contribution in [2.45, 2.75) is 6.92 Å². The first-order valence-electron chi connectivity index (χ1n) is 6.63. The largest absolute Gasteiger partial charge is 0.494 e. The molecule has 10 heteroatoms. The van der Waals surface area contributed by atoms with Crippen LogP contribution in [0.2, 0.25) is 0 Å². The smallest absolute Gasteiger partial charge is 0.329 e. The van der Waals surface area contributed by atoms with Crippen LogP contribution in [0, 0.1) is 6.92 Å². The maximum Gasteiger partial charge on any atom is 0.329 e. The number of aromatic hydroxyl groups is 1. The van der Waals surface area contributed by atoms with E-state index in [1.807, 2.05) is 22.3 Å². The fourth-order valence-corrected chi connectivity index (χ4v) is 1.63. The van der Waals surface area contributed by atoms with Gasteiger partial charge in [0, 0.05) is 5.69 Å². The highest BCUT2D eigenvalue weighted by molar-refractivity contribution is 6.39. The van der Waals surface area contributed by atoms with Crippen molar-refractivity contribution < 1.29 is 14.7 Å². The zero-order valence-corrected chi connectivity index (χ0v) is 12.4. The Morgan fingerprint density at radius 1 is 1.12 bits per heavy atom. The molecule has 2 aromatic rings. The lowest BCUT2D eigenvalue weighted by Crippen LogP contribution is -2.32. The summed E-state index contributed by atoms with van der Waals surface area (Å²) >= 11 is 0. The molecule has 0 fully saturated rings. The first kappa shape index (κ1) is 16.7. The van der Waals surface area contributed by atoms with Crippen LogP contribution >= 0.6 is 0 Å². The summed E-state index contributed by atoms with van der Waals surface area (Å²) in [6.45, 7) is 1.88. The van der Waals surface area contributed by atoms with Gasteiger partial charge < -0.3 is 10.4 Å². The number of nitrogens with zero attached hydrogens (tertiary/aromatic N) is 1. The molecule has 0 aliphatic rings. The number of hydrogen-bond acceptors (Lipinski definition) is 6. The molecule has 0 aliphatic carbocycles. The van der Waals surface area contributed by atoms with Gasteiger partial charge in [0.25, 0.3) is 5.56 Å². The number of hydrogen-bond donors (Lipinski definition) is 5. The van der Waals surface area contributed by atoms with Crippen molar-refractivity contribution in [3.8, 4) is 5.88 Å². The van der Waals surface area contributed by atoms with Crippen molar-refractivity contribution in [3.63, 3.8) is 0 Å². The summed E-state index contributed by atoms with van der Waals surface area (Å²) in [6.07, 6.45) is 0.793. The number of amides is 2. The Kier molecular flexibility index (Phi) is 4.90. The van der Waals surface area contributed by atoms with Crippen LogP contribution in [0.3, 0.4) is 0 Å². The van der Waals surface area contributed by atoms with Crippen LogP contribution < -0.4 is 22.0 Å². The second-order valence-corrected chi connectivity index (χ2v) is 4.69. The third kappa shape index (κ3) is 4.16. The highest BCUT2D eigenvalue weighted by Crippen LogP contribution is 2.08. The van der Waals surface area contributed by atoms with Gasteiger partial charge in [-0.25, -0.2) is 10.2 Å². The molecule has 2 amide bonds. The number of aromatic nitrogens is 2. The number of nitrogens with one attached hydrogen (secondary N) is 4. The zero-order valence-electron chi connectivity index (χ0n) is 12.4. The molecular formula is C14H13N5O5. The zero-order chi connectivity index (χ0) is 17.7. The van der Waals surface area contributed by atoms with Gasteiger partial charge in [-0.15, -0.1) is 0 Å². The average molecular weight is 331 g/mol. The van der Waals surface area contributed by atoms with Crippen LogP contribution in [0.4, 0.5) is 5.69 Å². The number of aromatic amines is 2. The Morgan fingerprint density at radius 3 is 2.42 bits per heavy atom. The molecule has 1 heterocycles. The SMILES string of the molecule is Cc1ccc(NC(=O)C(=O)NN=Cc2c(O)[nH]c(=O)[nH]c2=O)cc1. The molecule has 0 aliphatic heterocycles. The predicted octanol–water partition coefficient (Wildman–Crippen LogP) is -0.834. The van der Waals surface area contributed by atoms with Crippen LogP contribution in [0.5, 0.6) is 5.88 Å². The van der Waals surface area contributed by atoms with E-state index in [1.165, 1.54) is 0 Å². The van der Waals surface area contributed by atoms with E-state index in [9.17, 15) is 24.3 Å². The fraction of sp³-hybridized carbons (Fsp3) is 0.0714. The van der Waals surface area contributed by atoms with Gasteiger partial charge in [-0.1, -0.05) is 17.7 Å². The van der Waals surface area contributed by atoms with E-state index in [0.717, 1.165) is 11.8 Å². The minimum Gasteiger partial charge on any atom is -0.494 e. The molecule has 5 N–H and O–H groups in total. The molecule has 0 atom stereocenters. The summed E-state index contributed by atoms with van der Waals surface area (Å²) in [4.78, 5) is 49.4. The number of carbonyl (C=O) groups excluding carboxylic acids is 2. The molecule has 0 unspecified atom stereocenters. The molecule has 1 aromatic heterocycles. The summed E-state index contributed by atoms with van der Waals surface area (Å²) < 4.78 is 0. The van der Waals surface area contributed by atoms with Gasteiger partial charge >= 0.3 is 17.5 Å². The van der Waals surface area contributed by atoms with E-state index in [4.69, 9.17) is 0 Å². The Labute approximate surface area is 134 Å². The minimum atomic E-state index is -1.08. The van der Waals surface area contributed by atoms with Gasteiger partial charge in [0.15, 0.2) is 0 Å². The van der Waals surface area contributed by atoms with Crippen LogP contribution in [-0.2, 0) is 9.59 Å². The molecule has 1 aromatic carbocycles. The molecule has 0 bridgehead atoms. The van der Waals surface area contributed by atoms with E-state index >= 15 is 0 Å². The number of aryl methyl sites for hydroxylation is 1. The van der Waals surface area contributed by atoms with Crippen molar-refractivity contribution in [2.75, 3.05) is 5.32 Å². The monoisotopic (exact) mass is 331 g/mol. The topological polar surface area (TPSA) is 157 Å². The van der Waals surface area contributed by atoms with Gasteiger partial charge in [-0.2, -0.15) is 5.10 Å². The van der Waals surface area contributed by atoms with Gasteiger partial charge in [-0.3, -0.25) is 24.4 Å². The highest BCUT2D eigenvalue weighted by atomic mass is 16.3. The second-order valence-electron chi connectivity index (χ2n) is 4.69. The van der Waals surface area contributed by atoms with Crippen LogP contribution in [0.25, 0.3) is 0 Å². The van der Waals surface area contributed by atoms with E-state index in [2.05, 4.69) is 10.4 Å². The van der Waals surface area contributed by atoms with Gasteiger partial charge in [0.05, 0.1) is 6.21 Å². The fourth-order valence-electron chi connectivity index (χ4n) is 1.63. The number of anilines is 1. The van der Waals surface area contributed by atoms with Crippen LogP contribution in [0.15, 0.2) is 39.0 Å². The van der Waals surface area contributed by atoms with E-state index in [-0.39, 0.29) is 5.56 Å². The summed E-state index contributed by atoms with van der Waals surface area (Å²) in [6, 6.07) is 6.77. The Hall–Kier alpha value is -3.69. The quantitative estimate of drug-likeness (QED) is 0.282. The third-order valence-corrected chi connectivity index (χ3v) is 2.83. The van der Waals surface area contributed by atoms with Crippen molar-refractivity contribution in [1.29, 1.82) is 0 Å². The molecule has 10 nitrogen and oxygen atoms in total. The van der Waals surface area contributed by atoms with Crippen molar-refractivity contribution >= 4 is 23.7 Å². The molecule has 0 saturated heterocycles. The highest BCUT2D eigenvalue weighted by Gasteiger charge is 2.13. The van der Waals surface area contributed by atoms with Gasteiger partial charge in [-0.05, 0) is 19.1 Å². The van der Waals surface area contributed by atoms with Gasteiger partial charge in [0.1, 0.15) is 5.56 Å². The number of rotatable bonds is 3. The van der Waals surface area contributed by atoms with Gasteiger partial charge in [0.2, 0.25) is 5.88 Å². The van der Waals surface area contributed by atoms with Crippen molar-refractivity contribution in [1.82, 2.24) is 15.4 Å². The summed E-state index contributed by atoms with van der Waals surface area (Å²) in [7, 11) is 0. The molecule has 0 radical (unpaired) electrons. The predicted molar refractivity (Wildman–Crippen MR) is 84.9 cm³/mol. The third-order valence-electron chi connectivity index (χ3n) is 2.83. The molecule has 2 rings (SSSR count). The summed E-state index contributed by atoms with van der Waals surface area (Å²) in [5, 5.41) is 15.1. The maximum atomic E-state index is 11.7. The molecule has 124 valence electrons. The molecular weight excluding hydrogens is 318 g/mol. The van der Waals surface area contributed by atoms with Crippen molar-refractivity contribution in [3.05, 3.63) is 56.2 Å². The lowest BCUT2D eigenvalue weighted by Gasteiger charge is -2.04. The standard InChI is InChI=1S/C14H13N5O5/c1-7-2-4-8(5-3-7)16-12(22)13(23)19-15-6-9-10(20)17-14(24)18-11(9)21/h2-6H,1H3,(H,16,22)(H,19,23)(H3,17,18,20,21,24). The lowest BCUT2D eigenvalue weighted by molar-refractivity contribution is -0.136. The Morgan fingerprint density at radius 2 is 1.79 bits per heavy atom. The summed E-state index contributed by atoms with van der Waals surface area (Å²) in [5.74, 6) is -2.76. The number of benzene rings is 1. The first-order valence-corrected chi connectivity index (χ1v) is 6.63. The van der Waals surface area contributed by atoms with Crippen LogP contribution in [0.1, 0.15) is 11.1 Å². The van der Waals surface area contributed by atoms with Crippen LogP contribution in [-0.4, -0.2) is 33.1 Å². The molecule has 24 heavy (non-hydrogen) atoms. The number of hydrazone groups is 1. The summed E-state index contributed by atoms with van der Waals surface area (Å²) in [5.41, 5.74) is 1.14. The maximum absolute atomic E-state index is 11.7. The average Bonchev–Trinajstić information content (AvgIpc) is 2.51. The Bertz CT molecular complexity index is 910. The molecule has 0 saturated carbocycles. The number of carbonyl (C=O) groups is 2. The second kappa shape index (κ2) is 7.05. The van der Waals surface area contributed by atoms with E-state index in [0.29, 0.717) is 5.69 Å². The van der Waals surface area contributed by atoms with Crippen molar-refractivity contribution in [2.24, 2.45) is 5.10 Å². The molecule has 0 spiro atoms. The first-order chi connectivity index (χ1) is 11.4. The lowest BCUT2D eigenvalue weighted by atomic mass is 10.2. The Balaban J connectivity index is 2.00. The normalized spacial score (nSPS) is 10.5.